The largest absolute Gasteiger partial charge is 0.344 e. The number of carbonyl (C=O) groups excluding carboxylic acids is 1. The van der Waals surface area contributed by atoms with Gasteiger partial charge in [0.2, 0.25) is 0 Å². The molecule has 0 bridgehead atoms. The minimum absolute atomic E-state index is 0.0346. The lowest BCUT2D eigenvalue weighted by molar-refractivity contribution is 0.0935. The van der Waals surface area contributed by atoms with E-state index in [1.54, 1.807) is 18.3 Å². The Kier molecular flexibility index (Phi) is 5.09. The van der Waals surface area contributed by atoms with Crippen molar-refractivity contribution >= 4 is 5.91 Å². The van der Waals surface area contributed by atoms with Crippen LogP contribution in [0.2, 0.25) is 0 Å². The van der Waals surface area contributed by atoms with Crippen molar-refractivity contribution in [2.75, 3.05) is 0 Å². The second kappa shape index (κ2) is 7.02. The second-order valence-corrected chi connectivity index (χ2v) is 5.75. The molecule has 1 aromatic carbocycles. The van der Waals surface area contributed by atoms with Gasteiger partial charge < -0.3 is 5.32 Å². The lowest BCUT2D eigenvalue weighted by Crippen LogP contribution is -2.27. The molecular weight excluding hydrogens is 260 g/mol. The SMILES string of the molecule is CC(C)Cc1ccc([C@H](C)NC(=O)c2ccccn2)cc1. The van der Waals surface area contributed by atoms with Gasteiger partial charge >= 0.3 is 0 Å². The van der Waals surface area contributed by atoms with Crippen molar-refractivity contribution in [2.45, 2.75) is 33.2 Å². The summed E-state index contributed by atoms with van der Waals surface area (Å²) >= 11 is 0. The Morgan fingerprint density at radius 2 is 1.81 bits per heavy atom. The number of aromatic nitrogens is 1. The maximum atomic E-state index is 12.1. The van der Waals surface area contributed by atoms with E-state index in [2.05, 4.69) is 48.4 Å². The van der Waals surface area contributed by atoms with Gasteiger partial charge in [-0.25, -0.2) is 0 Å². The first-order valence-corrected chi connectivity index (χ1v) is 7.37. The fraction of sp³-hybridized carbons (Fsp3) is 0.333. The summed E-state index contributed by atoms with van der Waals surface area (Å²) in [5.41, 5.74) is 2.88. The fourth-order valence-electron chi connectivity index (χ4n) is 2.26. The van der Waals surface area contributed by atoms with E-state index >= 15 is 0 Å². The van der Waals surface area contributed by atoms with Crippen LogP contribution in [-0.4, -0.2) is 10.9 Å². The number of rotatable bonds is 5. The van der Waals surface area contributed by atoms with Crippen molar-refractivity contribution < 1.29 is 4.79 Å². The van der Waals surface area contributed by atoms with Gasteiger partial charge in [0.25, 0.3) is 5.91 Å². The summed E-state index contributed by atoms with van der Waals surface area (Å²) in [6.07, 6.45) is 2.70. The molecule has 0 aliphatic heterocycles. The Morgan fingerprint density at radius 3 is 2.38 bits per heavy atom. The molecule has 1 N–H and O–H groups in total. The maximum absolute atomic E-state index is 12.1. The summed E-state index contributed by atoms with van der Waals surface area (Å²) in [5, 5.41) is 2.97. The summed E-state index contributed by atoms with van der Waals surface area (Å²) in [6, 6.07) is 13.7. The summed E-state index contributed by atoms with van der Waals surface area (Å²) < 4.78 is 0. The van der Waals surface area contributed by atoms with Gasteiger partial charge in [0.1, 0.15) is 5.69 Å². The number of hydrogen-bond donors (Lipinski definition) is 1. The van der Waals surface area contributed by atoms with Crippen LogP contribution in [0.5, 0.6) is 0 Å². The monoisotopic (exact) mass is 282 g/mol. The van der Waals surface area contributed by atoms with E-state index in [0.717, 1.165) is 12.0 Å². The molecule has 2 rings (SSSR count). The Bertz CT molecular complexity index is 576. The van der Waals surface area contributed by atoms with Crippen LogP contribution < -0.4 is 5.32 Å². The molecule has 1 heterocycles. The molecule has 3 nitrogen and oxygen atoms in total. The third kappa shape index (κ3) is 4.42. The molecule has 1 atom stereocenters. The summed E-state index contributed by atoms with van der Waals surface area (Å²) in [5.74, 6) is 0.506. The molecular formula is C18H22N2O. The quantitative estimate of drug-likeness (QED) is 0.907. The zero-order valence-electron chi connectivity index (χ0n) is 12.8. The number of hydrogen-bond acceptors (Lipinski definition) is 2. The second-order valence-electron chi connectivity index (χ2n) is 5.75. The van der Waals surface area contributed by atoms with E-state index in [9.17, 15) is 4.79 Å². The molecule has 21 heavy (non-hydrogen) atoms. The Balaban J connectivity index is 2.00. The van der Waals surface area contributed by atoms with Crippen molar-refractivity contribution in [3.8, 4) is 0 Å². The topological polar surface area (TPSA) is 42.0 Å². The maximum Gasteiger partial charge on any atom is 0.270 e. The van der Waals surface area contributed by atoms with Gasteiger partial charge in [0, 0.05) is 6.20 Å². The highest BCUT2D eigenvalue weighted by atomic mass is 16.1. The van der Waals surface area contributed by atoms with Crippen molar-refractivity contribution in [1.29, 1.82) is 0 Å². The van der Waals surface area contributed by atoms with Crippen LogP contribution in [0.4, 0.5) is 0 Å². The lowest BCUT2D eigenvalue weighted by atomic mass is 10.00. The van der Waals surface area contributed by atoms with Gasteiger partial charge in [-0.15, -0.1) is 0 Å². The minimum atomic E-state index is -0.144. The fourth-order valence-corrected chi connectivity index (χ4v) is 2.26. The smallest absolute Gasteiger partial charge is 0.270 e. The molecule has 1 amide bonds. The van der Waals surface area contributed by atoms with Crippen LogP contribution in [-0.2, 0) is 6.42 Å². The zero-order valence-corrected chi connectivity index (χ0v) is 12.8. The van der Waals surface area contributed by atoms with E-state index in [1.165, 1.54) is 5.56 Å². The van der Waals surface area contributed by atoms with E-state index < -0.39 is 0 Å². The first-order valence-electron chi connectivity index (χ1n) is 7.37. The predicted molar refractivity (Wildman–Crippen MR) is 85.1 cm³/mol. The van der Waals surface area contributed by atoms with Gasteiger partial charge in [0.15, 0.2) is 0 Å². The van der Waals surface area contributed by atoms with E-state index in [0.29, 0.717) is 11.6 Å². The van der Waals surface area contributed by atoms with Crippen molar-refractivity contribution in [3.63, 3.8) is 0 Å². The van der Waals surface area contributed by atoms with Crippen LogP contribution in [0.1, 0.15) is 48.4 Å². The van der Waals surface area contributed by atoms with Crippen LogP contribution in [0.15, 0.2) is 48.7 Å². The van der Waals surface area contributed by atoms with Crippen molar-refractivity contribution in [2.24, 2.45) is 5.92 Å². The zero-order chi connectivity index (χ0) is 15.2. The molecule has 0 fully saturated rings. The highest BCUT2D eigenvalue weighted by Gasteiger charge is 2.12. The molecule has 110 valence electrons. The molecule has 0 radical (unpaired) electrons. The van der Waals surface area contributed by atoms with Gasteiger partial charge in [-0.1, -0.05) is 44.2 Å². The Labute approximate surface area is 126 Å². The van der Waals surface area contributed by atoms with Crippen molar-refractivity contribution in [3.05, 3.63) is 65.5 Å². The Morgan fingerprint density at radius 1 is 1.10 bits per heavy atom. The number of pyridine rings is 1. The first-order chi connectivity index (χ1) is 10.1. The highest BCUT2D eigenvalue weighted by Crippen LogP contribution is 2.16. The number of nitrogens with one attached hydrogen (secondary N) is 1. The lowest BCUT2D eigenvalue weighted by Gasteiger charge is -2.15. The van der Waals surface area contributed by atoms with Gasteiger partial charge in [-0.2, -0.15) is 0 Å². The molecule has 0 aliphatic rings. The van der Waals surface area contributed by atoms with Gasteiger partial charge in [-0.05, 0) is 42.5 Å². The molecule has 0 unspecified atom stereocenters. The molecule has 0 saturated heterocycles. The number of nitrogens with zero attached hydrogens (tertiary/aromatic N) is 1. The Hall–Kier alpha value is -2.16. The molecule has 0 aliphatic carbocycles. The number of carbonyl (C=O) groups is 1. The van der Waals surface area contributed by atoms with Gasteiger partial charge in [-0.3, -0.25) is 9.78 Å². The van der Waals surface area contributed by atoms with E-state index in [1.807, 2.05) is 13.0 Å². The van der Waals surface area contributed by atoms with E-state index in [-0.39, 0.29) is 11.9 Å². The van der Waals surface area contributed by atoms with Crippen LogP contribution in [0.25, 0.3) is 0 Å². The highest BCUT2D eigenvalue weighted by molar-refractivity contribution is 5.92. The molecule has 2 aromatic rings. The number of amides is 1. The molecule has 1 aromatic heterocycles. The standard InChI is InChI=1S/C18H22N2O/c1-13(2)12-15-7-9-16(10-8-15)14(3)20-18(21)17-6-4-5-11-19-17/h4-11,13-14H,12H2,1-3H3,(H,20,21)/t14-/m0/s1. The normalized spacial score (nSPS) is 12.2. The summed E-state index contributed by atoms with van der Waals surface area (Å²) in [6.45, 7) is 6.41. The van der Waals surface area contributed by atoms with Crippen molar-refractivity contribution in [1.82, 2.24) is 10.3 Å². The van der Waals surface area contributed by atoms with Gasteiger partial charge in [0.05, 0.1) is 6.04 Å². The van der Waals surface area contributed by atoms with Crippen LogP contribution in [0.3, 0.4) is 0 Å². The predicted octanol–water partition coefficient (Wildman–Crippen LogP) is 3.77. The number of benzene rings is 1. The molecule has 3 heteroatoms. The van der Waals surface area contributed by atoms with Crippen LogP contribution in [0, 0.1) is 5.92 Å². The summed E-state index contributed by atoms with van der Waals surface area (Å²) in [4.78, 5) is 16.1. The average molecular weight is 282 g/mol. The molecule has 0 spiro atoms. The summed E-state index contributed by atoms with van der Waals surface area (Å²) in [7, 11) is 0. The molecule has 0 saturated carbocycles. The minimum Gasteiger partial charge on any atom is -0.344 e. The average Bonchev–Trinajstić information content (AvgIpc) is 2.48. The van der Waals surface area contributed by atoms with Crippen LogP contribution >= 0.6 is 0 Å². The third-order valence-electron chi connectivity index (χ3n) is 3.37. The third-order valence-corrected chi connectivity index (χ3v) is 3.37. The van der Waals surface area contributed by atoms with E-state index in [4.69, 9.17) is 0 Å². The first kappa shape index (κ1) is 15.2.